The molecule has 0 rings (SSSR count). The second-order valence-electron chi connectivity index (χ2n) is 5.57. The van der Waals surface area contributed by atoms with Crippen LogP contribution in [0.2, 0.25) is 0 Å². The smallest absolute Gasteiger partial charge is 0.152 e. The fourth-order valence-electron chi connectivity index (χ4n) is 2.54. The van der Waals surface area contributed by atoms with Gasteiger partial charge >= 0.3 is 0 Å². The fraction of sp³-hybridized carbons (Fsp3) is 0.824. The number of ketones is 1. The Balaban J connectivity index is 4.01. The van der Waals surface area contributed by atoms with Gasteiger partial charge in [0.15, 0.2) is 5.78 Å². The molecule has 0 amide bonds. The first-order valence-corrected chi connectivity index (χ1v) is 7.80. The summed E-state index contributed by atoms with van der Waals surface area (Å²) in [6.07, 6.45) is 10.4. The summed E-state index contributed by atoms with van der Waals surface area (Å²) < 4.78 is 5.96. The zero-order valence-electron chi connectivity index (χ0n) is 13.5. The molecule has 2 heteroatoms. The standard InChI is InChI=1S/C17H32O2/c1-6-17(7-2,19-8-3)14-10-12-15(4)11-9-13-16(5)18/h9,13,15H,6-8,10-12,14H2,1-5H3/b13-9+. The van der Waals surface area contributed by atoms with Crippen LogP contribution in [-0.2, 0) is 9.53 Å². The lowest BCUT2D eigenvalue weighted by Crippen LogP contribution is -2.31. The van der Waals surface area contributed by atoms with Crippen molar-refractivity contribution in [1.82, 2.24) is 0 Å². The van der Waals surface area contributed by atoms with Crippen LogP contribution in [0.4, 0.5) is 0 Å². The molecule has 0 spiro atoms. The highest BCUT2D eigenvalue weighted by atomic mass is 16.5. The van der Waals surface area contributed by atoms with Crippen molar-refractivity contribution in [3.63, 3.8) is 0 Å². The summed E-state index contributed by atoms with van der Waals surface area (Å²) in [7, 11) is 0. The molecule has 0 aliphatic rings. The van der Waals surface area contributed by atoms with Gasteiger partial charge in [-0.3, -0.25) is 4.79 Å². The SMILES string of the molecule is CCOC(CC)(CC)CCCC(C)C/C=C/C(C)=O. The van der Waals surface area contributed by atoms with Gasteiger partial charge in [0, 0.05) is 6.61 Å². The van der Waals surface area contributed by atoms with Crippen LogP contribution in [0.25, 0.3) is 0 Å². The zero-order valence-corrected chi connectivity index (χ0v) is 13.5. The maximum Gasteiger partial charge on any atom is 0.152 e. The molecular formula is C17H32O2. The van der Waals surface area contributed by atoms with Crippen molar-refractivity contribution >= 4 is 5.78 Å². The third-order valence-electron chi connectivity index (χ3n) is 3.96. The van der Waals surface area contributed by atoms with E-state index < -0.39 is 0 Å². The van der Waals surface area contributed by atoms with Gasteiger partial charge in [-0.25, -0.2) is 0 Å². The van der Waals surface area contributed by atoms with Crippen molar-refractivity contribution in [2.24, 2.45) is 5.92 Å². The molecule has 0 aliphatic carbocycles. The van der Waals surface area contributed by atoms with Gasteiger partial charge in [-0.2, -0.15) is 0 Å². The second-order valence-corrected chi connectivity index (χ2v) is 5.57. The highest BCUT2D eigenvalue weighted by molar-refractivity contribution is 5.87. The van der Waals surface area contributed by atoms with Gasteiger partial charge in [0.25, 0.3) is 0 Å². The second kappa shape index (κ2) is 10.2. The van der Waals surface area contributed by atoms with Crippen LogP contribution >= 0.6 is 0 Å². The Hall–Kier alpha value is -0.630. The molecule has 0 aromatic carbocycles. The zero-order chi connectivity index (χ0) is 14.7. The maximum atomic E-state index is 10.8. The Labute approximate surface area is 119 Å². The molecule has 2 nitrogen and oxygen atoms in total. The lowest BCUT2D eigenvalue weighted by Gasteiger charge is -2.32. The normalized spacial score (nSPS) is 13.9. The summed E-state index contributed by atoms with van der Waals surface area (Å²) >= 11 is 0. The molecular weight excluding hydrogens is 236 g/mol. The van der Waals surface area contributed by atoms with E-state index in [1.807, 2.05) is 6.08 Å². The molecule has 112 valence electrons. The van der Waals surface area contributed by atoms with Crippen molar-refractivity contribution in [3.8, 4) is 0 Å². The Morgan fingerprint density at radius 3 is 2.37 bits per heavy atom. The minimum atomic E-state index is 0.0870. The Bertz CT molecular complexity index is 264. The molecule has 0 saturated heterocycles. The van der Waals surface area contributed by atoms with E-state index in [1.165, 1.54) is 12.8 Å². The summed E-state index contributed by atoms with van der Waals surface area (Å²) in [6.45, 7) is 11.2. The third-order valence-corrected chi connectivity index (χ3v) is 3.96. The topological polar surface area (TPSA) is 26.3 Å². The van der Waals surface area contributed by atoms with Gasteiger partial charge < -0.3 is 4.74 Å². The van der Waals surface area contributed by atoms with Gasteiger partial charge in [-0.1, -0.05) is 39.7 Å². The van der Waals surface area contributed by atoms with E-state index in [0.717, 1.165) is 32.3 Å². The lowest BCUT2D eigenvalue weighted by molar-refractivity contribution is -0.112. The molecule has 19 heavy (non-hydrogen) atoms. The molecule has 0 heterocycles. The first-order valence-electron chi connectivity index (χ1n) is 7.80. The number of ether oxygens (including phenoxy) is 1. The van der Waals surface area contributed by atoms with E-state index in [2.05, 4.69) is 27.7 Å². The van der Waals surface area contributed by atoms with Crippen LogP contribution in [0.1, 0.15) is 73.1 Å². The monoisotopic (exact) mass is 268 g/mol. The van der Waals surface area contributed by atoms with Crippen LogP contribution in [0, 0.1) is 5.92 Å². The Morgan fingerprint density at radius 2 is 1.89 bits per heavy atom. The van der Waals surface area contributed by atoms with E-state index >= 15 is 0 Å². The molecule has 0 saturated carbocycles. The number of allylic oxidation sites excluding steroid dienone is 2. The number of hydrogen-bond acceptors (Lipinski definition) is 2. The largest absolute Gasteiger partial charge is 0.375 e. The van der Waals surface area contributed by atoms with Gasteiger partial charge in [0.1, 0.15) is 0 Å². The molecule has 0 aromatic rings. The minimum Gasteiger partial charge on any atom is -0.375 e. The van der Waals surface area contributed by atoms with Crippen LogP contribution in [-0.4, -0.2) is 18.0 Å². The Kier molecular flexibility index (Phi) is 9.85. The van der Waals surface area contributed by atoms with E-state index in [0.29, 0.717) is 5.92 Å². The molecule has 0 fully saturated rings. The number of rotatable bonds is 11. The van der Waals surface area contributed by atoms with E-state index in [-0.39, 0.29) is 11.4 Å². The molecule has 0 radical (unpaired) electrons. The van der Waals surface area contributed by atoms with Gasteiger partial charge in [0.2, 0.25) is 0 Å². The quantitative estimate of drug-likeness (QED) is 0.497. The Morgan fingerprint density at radius 1 is 1.26 bits per heavy atom. The van der Waals surface area contributed by atoms with Crippen LogP contribution < -0.4 is 0 Å². The highest BCUT2D eigenvalue weighted by Gasteiger charge is 2.25. The van der Waals surface area contributed by atoms with Crippen LogP contribution in [0.3, 0.4) is 0 Å². The van der Waals surface area contributed by atoms with Crippen LogP contribution in [0.5, 0.6) is 0 Å². The summed E-state index contributed by atoms with van der Waals surface area (Å²) in [4.78, 5) is 10.8. The molecule has 0 aromatic heterocycles. The summed E-state index contributed by atoms with van der Waals surface area (Å²) in [5.74, 6) is 0.781. The average Bonchev–Trinajstić information content (AvgIpc) is 2.37. The number of hydrogen-bond donors (Lipinski definition) is 0. The van der Waals surface area contributed by atoms with Gasteiger partial charge in [-0.05, 0) is 51.5 Å². The number of carbonyl (C=O) groups is 1. The van der Waals surface area contributed by atoms with E-state index in [4.69, 9.17) is 4.74 Å². The fourth-order valence-corrected chi connectivity index (χ4v) is 2.54. The molecule has 0 N–H and O–H groups in total. The van der Waals surface area contributed by atoms with E-state index in [1.54, 1.807) is 13.0 Å². The number of carbonyl (C=O) groups excluding carboxylic acids is 1. The van der Waals surface area contributed by atoms with E-state index in [9.17, 15) is 4.79 Å². The van der Waals surface area contributed by atoms with Gasteiger partial charge in [0.05, 0.1) is 5.60 Å². The summed E-state index contributed by atoms with van der Waals surface area (Å²) in [6, 6.07) is 0. The molecule has 0 bridgehead atoms. The maximum absolute atomic E-state index is 10.8. The third kappa shape index (κ3) is 8.20. The van der Waals surface area contributed by atoms with Crippen molar-refractivity contribution in [1.29, 1.82) is 0 Å². The lowest BCUT2D eigenvalue weighted by atomic mass is 9.88. The molecule has 1 unspecified atom stereocenters. The summed E-state index contributed by atoms with van der Waals surface area (Å²) in [5, 5.41) is 0. The predicted octanol–water partition coefficient (Wildman–Crippen LogP) is 4.92. The average molecular weight is 268 g/mol. The van der Waals surface area contributed by atoms with Crippen molar-refractivity contribution in [2.45, 2.75) is 78.7 Å². The van der Waals surface area contributed by atoms with Crippen molar-refractivity contribution in [3.05, 3.63) is 12.2 Å². The predicted molar refractivity (Wildman–Crippen MR) is 82.4 cm³/mol. The van der Waals surface area contributed by atoms with Crippen molar-refractivity contribution in [2.75, 3.05) is 6.61 Å². The van der Waals surface area contributed by atoms with Gasteiger partial charge in [-0.15, -0.1) is 0 Å². The molecule has 0 aliphatic heterocycles. The first-order chi connectivity index (χ1) is 8.99. The van der Waals surface area contributed by atoms with Crippen molar-refractivity contribution < 1.29 is 9.53 Å². The minimum absolute atomic E-state index is 0.0870. The molecule has 1 atom stereocenters. The first kappa shape index (κ1) is 18.4. The highest BCUT2D eigenvalue weighted by Crippen LogP contribution is 2.28. The van der Waals surface area contributed by atoms with Crippen LogP contribution in [0.15, 0.2) is 12.2 Å². The summed E-state index contributed by atoms with van der Waals surface area (Å²) in [5.41, 5.74) is 0.0870.